The molecule has 2 aliphatic carbocycles. The molecule has 0 bridgehead atoms. The molecule has 0 heterocycles. The molecule has 0 amide bonds. The van der Waals surface area contributed by atoms with Gasteiger partial charge in [-0.3, -0.25) is 4.79 Å². The minimum atomic E-state index is 0.502. The van der Waals surface area contributed by atoms with Gasteiger partial charge in [0.25, 0.3) is 0 Å². The van der Waals surface area contributed by atoms with Gasteiger partial charge in [0, 0.05) is 12.8 Å². The average Bonchev–Trinajstić information content (AvgIpc) is 2.20. The largest absolute Gasteiger partial charge is 0.300 e. The number of hydrogen-bond donors (Lipinski definition) is 0. The van der Waals surface area contributed by atoms with Crippen molar-refractivity contribution >= 4 is 5.78 Å². The Bertz CT molecular complexity index is 222. The van der Waals surface area contributed by atoms with Crippen molar-refractivity contribution in [3.05, 3.63) is 0 Å². The molecule has 0 aliphatic heterocycles. The number of Topliss-reactive ketones (excluding diaryl/α,β-unsaturated/α-hetero) is 1. The summed E-state index contributed by atoms with van der Waals surface area (Å²) in [7, 11) is 0. The Morgan fingerprint density at radius 1 is 0.933 bits per heavy atom. The first-order valence-corrected chi connectivity index (χ1v) is 6.58. The fourth-order valence-electron chi connectivity index (χ4n) is 3.33. The molecular weight excluding hydrogens is 184 g/mol. The van der Waals surface area contributed by atoms with Gasteiger partial charge in [-0.25, -0.2) is 0 Å². The van der Waals surface area contributed by atoms with Crippen molar-refractivity contribution in [1.82, 2.24) is 0 Å². The van der Waals surface area contributed by atoms with Crippen LogP contribution in [0.5, 0.6) is 0 Å². The Balaban J connectivity index is 1.83. The molecule has 2 saturated carbocycles. The molecule has 0 radical (unpaired) electrons. The first-order chi connectivity index (χ1) is 7.07. The van der Waals surface area contributed by atoms with Crippen LogP contribution in [0.4, 0.5) is 0 Å². The van der Waals surface area contributed by atoms with Crippen LogP contribution in [0.2, 0.25) is 0 Å². The summed E-state index contributed by atoms with van der Waals surface area (Å²) in [5.41, 5.74) is 0.584. The summed E-state index contributed by atoms with van der Waals surface area (Å²) in [6.07, 6.45) is 9.70. The third-order valence-corrected chi connectivity index (χ3v) is 4.64. The number of carbonyl (C=O) groups is 1. The maximum Gasteiger partial charge on any atom is 0.132 e. The van der Waals surface area contributed by atoms with E-state index in [0.29, 0.717) is 11.2 Å². The normalized spacial score (nSPS) is 29.3. The molecule has 15 heavy (non-hydrogen) atoms. The zero-order chi connectivity index (χ0) is 10.9. The number of hydrogen-bond acceptors (Lipinski definition) is 1. The van der Waals surface area contributed by atoms with Crippen LogP contribution in [-0.2, 0) is 4.79 Å². The fraction of sp³-hybridized carbons (Fsp3) is 0.929. The molecule has 0 saturated heterocycles. The highest BCUT2D eigenvalue weighted by Crippen LogP contribution is 2.43. The van der Waals surface area contributed by atoms with E-state index in [-0.39, 0.29) is 0 Å². The van der Waals surface area contributed by atoms with E-state index in [0.717, 1.165) is 24.7 Å². The zero-order valence-corrected chi connectivity index (χ0v) is 10.2. The molecule has 2 rings (SSSR count). The number of rotatable bonds is 1. The molecule has 2 fully saturated rings. The first-order valence-electron chi connectivity index (χ1n) is 6.58. The lowest BCUT2D eigenvalue weighted by molar-refractivity contribution is -0.121. The Morgan fingerprint density at radius 3 is 1.93 bits per heavy atom. The molecule has 2 aliphatic rings. The predicted molar refractivity (Wildman–Crippen MR) is 62.7 cm³/mol. The monoisotopic (exact) mass is 208 g/mol. The molecule has 0 unspecified atom stereocenters. The number of carbonyl (C=O) groups excluding carboxylic acids is 1. The smallest absolute Gasteiger partial charge is 0.132 e. The van der Waals surface area contributed by atoms with Gasteiger partial charge in [-0.05, 0) is 55.8 Å². The molecule has 0 atom stereocenters. The van der Waals surface area contributed by atoms with Crippen molar-refractivity contribution in [1.29, 1.82) is 0 Å². The lowest BCUT2D eigenvalue weighted by Crippen LogP contribution is -2.28. The van der Waals surface area contributed by atoms with Crippen LogP contribution in [0, 0.1) is 17.3 Å². The summed E-state index contributed by atoms with van der Waals surface area (Å²) in [5.74, 6) is 2.31. The molecule has 0 aromatic heterocycles. The maximum absolute atomic E-state index is 11.2. The summed E-state index contributed by atoms with van der Waals surface area (Å²) in [6, 6.07) is 0. The van der Waals surface area contributed by atoms with Crippen molar-refractivity contribution < 1.29 is 4.79 Å². The third-order valence-electron chi connectivity index (χ3n) is 4.64. The van der Waals surface area contributed by atoms with Crippen molar-refractivity contribution in [2.24, 2.45) is 17.3 Å². The second-order valence-electron chi connectivity index (χ2n) is 6.38. The van der Waals surface area contributed by atoms with Gasteiger partial charge in [-0.2, -0.15) is 0 Å². The van der Waals surface area contributed by atoms with E-state index in [4.69, 9.17) is 0 Å². The molecular formula is C14H24O. The molecule has 86 valence electrons. The highest BCUT2D eigenvalue weighted by molar-refractivity contribution is 5.79. The second kappa shape index (κ2) is 4.27. The van der Waals surface area contributed by atoms with Crippen LogP contribution in [0.15, 0.2) is 0 Å². The summed E-state index contributed by atoms with van der Waals surface area (Å²) in [4.78, 5) is 11.2. The van der Waals surface area contributed by atoms with Crippen molar-refractivity contribution in [3.63, 3.8) is 0 Å². The lowest BCUT2D eigenvalue weighted by atomic mass is 9.67. The van der Waals surface area contributed by atoms with Gasteiger partial charge in [-0.1, -0.05) is 13.8 Å². The van der Waals surface area contributed by atoms with Gasteiger partial charge >= 0.3 is 0 Å². The standard InChI is InChI=1S/C14H24O/c1-14(2)9-7-12(8-10-14)11-3-5-13(15)6-4-11/h11-12H,3-10H2,1-2H3. The van der Waals surface area contributed by atoms with Crippen LogP contribution in [-0.4, -0.2) is 5.78 Å². The van der Waals surface area contributed by atoms with Crippen molar-refractivity contribution in [2.75, 3.05) is 0 Å². The molecule has 1 nitrogen and oxygen atoms in total. The summed E-state index contributed by atoms with van der Waals surface area (Å²) in [6.45, 7) is 4.79. The molecule has 0 spiro atoms. The number of ketones is 1. The van der Waals surface area contributed by atoms with Crippen molar-refractivity contribution in [3.8, 4) is 0 Å². The van der Waals surface area contributed by atoms with Crippen LogP contribution in [0.1, 0.15) is 65.2 Å². The van der Waals surface area contributed by atoms with Crippen LogP contribution < -0.4 is 0 Å². The van der Waals surface area contributed by atoms with E-state index < -0.39 is 0 Å². The van der Waals surface area contributed by atoms with Gasteiger partial charge in [-0.15, -0.1) is 0 Å². The third kappa shape index (κ3) is 2.83. The minimum absolute atomic E-state index is 0.502. The second-order valence-corrected chi connectivity index (χ2v) is 6.38. The Labute approximate surface area is 93.6 Å². The average molecular weight is 208 g/mol. The molecule has 1 heteroatoms. The van der Waals surface area contributed by atoms with Gasteiger partial charge < -0.3 is 0 Å². The molecule has 0 aromatic rings. The van der Waals surface area contributed by atoms with Gasteiger partial charge in [0.1, 0.15) is 5.78 Å². The van der Waals surface area contributed by atoms with Gasteiger partial charge in [0.15, 0.2) is 0 Å². The minimum Gasteiger partial charge on any atom is -0.300 e. The van der Waals surface area contributed by atoms with E-state index >= 15 is 0 Å². The molecule has 0 aromatic carbocycles. The quantitative estimate of drug-likeness (QED) is 0.637. The van der Waals surface area contributed by atoms with E-state index in [1.54, 1.807) is 0 Å². The van der Waals surface area contributed by atoms with E-state index in [9.17, 15) is 4.79 Å². The van der Waals surface area contributed by atoms with E-state index in [2.05, 4.69) is 13.8 Å². The topological polar surface area (TPSA) is 17.1 Å². The van der Waals surface area contributed by atoms with Crippen LogP contribution >= 0.6 is 0 Å². The van der Waals surface area contributed by atoms with Gasteiger partial charge in [0.2, 0.25) is 0 Å². The Morgan fingerprint density at radius 2 is 1.40 bits per heavy atom. The predicted octanol–water partition coefficient (Wildman–Crippen LogP) is 3.96. The lowest BCUT2D eigenvalue weighted by Gasteiger charge is -2.39. The SMILES string of the molecule is CC1(C)CCC(C2CCC(=O)CC2)CC1. The van der Waals surface area contributed by atoms with Crippen LogP contribution in [0.3, 0.4) is 0 Å². The zero-order valence-electron chi connectivity index (χ0n) is 10.2. The maximum atomic E-state index is 11.2. The summed E-state index contributed by atoms with van der Waals surface area (Å²) < 4.78 is 0. The first kappa shape index (κ1) is 11.2. The van der Waals surface area contributed by atoms with Gasteiger partial charge in [0.05, 0.1) is 0 Å². The summed E-state index contributed by atoms with van der Waals surface area (Å²) >= 11 is 0. The van der Waals surface area contributed by atoms with Crippen molar-refractivity contribution in [2.45, 2.75) is 65.2 Å². The van der Waals surface area contributed by atoms with E-state index in [1.165, 1.54) is 38.5 Å². The highest BCUT2D eigenvalue weighted by atomic mass is 16.1. The Kier molecular flexibility index (Phi) is 3.18. The highest BCUT2D eigenvalue weighted by Gasteiger charge is 2.32. The Hall–Kier alpha value is -0.330. The van der Waals surface area contributed by atoms with Crippen LogP contribution in [0.25, 0.3) is 0 Å². The fourth-order valence-corrected chi connectivity index (χ4v) is 3.33. The summed E-state index contributed by atoms with van der Waals surface area (Å²) in [5, 5.41) is 0. The molecule has 0 N–H and O–H groups in total. The van der Waals surface area contributed by atoms with E-state index in [1.807, 2.05) is 0 Å².